The molecule has 0 saturated carbocycles. The Balaban J connectivity index is 2.34. The molecule has 1 heterocycles. The highest BCUT2D eigenvalue weighted by molar-refractivity contribution is 5.77. The van der Waals surface area contributed by atoms with Gasteiger partial charge in [-0.25, -0.2) is 0 Å². The van der Waals surface area contributed by atoms with Gasteiger partial charge in [-0.1, -0.05) is 19.3 Å². The Labute approximate surface area is 108 Å². The van der Waals surface area contributed by atoms with Crippen molar-refractivity contribution >= 4 is 6.29 Å². The number of carbonyl (C=O) groups is 1. The average Bonchev–Trinajstić information content (AvgIpc) is 2.42. The number of fused-ring (bicyclic) bond motifs is 1. The van der Waals surface area contributed by atoms with Crippen LogP contribution in [0, 0.1) is 0 Å². The summed E-state index contributed by atoms with van der Waals surface area (Å²) in [6.07, 6.45) is 7.77. The zero-order chi connectivity index (χ0) is 12.8. The first-order valence-corrected chi connectivity index (χ1v) is 6.64. The van der Waals surface area contributed by atoms with E-state index in [9.17, 15) is 4.79 Å². The summed E-state index contributed by atoms with van der Waals surface area (Å²) in [7, 11) is 1.62. The molecule has 18 heavy (non-hydrogen) atoms. The lowest BCUT2D eigenvalue weighted by Crippen LogP contribution is -2.05. The summed E-state index contributed by atoms with van der Waals surface area (Å²) in [4.78, 5) is 10.9. The number of benzene rings is 1. The molecule has 0 aromatic heterocycles. The van der Waals surface area contributed by atoms with E-state index >= 15 is 0 Å². The van der Waals surface area contributed by atoms with E-state index in [0.717, 1.165) is 43.5 Å². The second-order valence-corrected chi connectivity index (χ2v) is 4.70. The maximum atomic E-state index is 10.9. The maximum Gasteiger partial charge on any atom is 0.164 e. The number of methoxy groups -OCH3 is 1. The van der Waals surface area contributed by atoms with Gasteiger partial charge in [-0.3, -0.25) is 4.79 Å². The van der Waals surface area contributed by atoms with Crippen LogP contribution in [0.25, 0.3) is 0 Å². The predicted molar refractivity (Wildman–Crippen MR) is 70.7 cm³/mol. The standard InChI is InChI=1S/C15H20O3/c1-17-14-10-12(11-16)9-13-7-5-3-2-4-6-8-18-15(13)14/h9-11H,2-8H2,1H3. The third kappa shape index (κ3) is 3.03. The van der Waals surface area contributed by atoms with Crippen LogP contribution in [0.15, 0.2) is 12.1 Å². The second kappa shape index (κ2) is 6.43. The fourth-order valence-corrected chi connectivity index (χ4v) is 2.37. The average molecular weight is 248 g/mol. The molecule has 0 bridgehead atoms. The van der Waals surface area contributed by atoms with Crippen LogP contribution in [0.1, 0.15) is 48.0 Å². The highest BCUT2D eigenvalue weighted by Gasteiger charge is 2.14. The number of aldehydes is 1. The molecule has 0 unspecified atom stereocenters. The molecular weight excluding hydrogens is 228 g/mol. The van der Waals surface area contributed by atoms with Gasteiger partial charge in [0.15, 0.2) is 11.5 Å². The van der Waals surface area contributed by atoms with Crippen LogP contribution in [-0.2, 0) is 6.42 Å². The SMILES string of the molecule is COc1cc(C=O)cc2c1OCCCCCCC2. The first-order chi connectivity index (χ1) is 8.85. The molecule has 1 aromatic carbocycles. The molecule has 1 aromatic rings. The summed E-state index contributed by atoms with van der Waals surface area (Å²) in [6.45, 7) is 0.726. The largest absolute Gasteiger partial charge is 0.493 e. The molecule has 0 saturated heterocycles. The van der Waals surface area contributed by atoms with Crippen LogP contribution in [0.3, 0.4) is 0 Å². The lowest BCUT2D eigenvalue weighted by atomic mass is 10.0. The Morgan fingerprint density at radius 2 is 1.94 bits per heavy atom. The number of hydrogen-bond acceptors (Lipinski definition) is 3. The molecule has 2 rings (SSSR count). The normalized spacial score (nSPS) is 16.3. The Hall–Kier alpha value is -1.51. The smallest absolute Gasteiger partial charge is 0.164 e. The fourth-order valence-electron chi connectivity index (χ4n) is 2.37. The fraction of sp³-hybridized carbons (Fsp3) is 0.533. The molecule has 0 fully saturated rings. The van der Waals surface area contributed by atoms with Crippen molar-refractivity contribution in [3.8, 4) is 11.5 Å². The van der Waals surface area contributed by atoms with Crippen LogP contribution in [0.5, 0.6) is 11.5 Å². The summed E-state index contributed by atoms with van der Waals surface area (Å²) in [5.41, 5.74) is 1.75. The number of aryl methyl sites for hydroxylation is 1. The van der Waals surface area contributed by atoms with Crippen molar-refractivity contribution in [2.45, 2.75) is 38.5 Å². The first kappa shape index (κ1) is 12.9. The molecule has 3 heteroatoms. The Bertz CT molecular complexity index is 412. The predicted octanol–water partition coefficient (Wildman–Crippen LogP) is 3.39. The van der Waals surface area contributed by atoms with Crippen molar-refractivity contribution in [1.82, 2.24) is 0 Å². The highest BCUT2D eigenvalue weighted by atomic mass is 16.5. The van der Waals surface area contributed by atoms with Crippen LogP contribution in [0.4, 0.5) is 0 Å². The minimum absolute atomic E-state index is 0.659. The maximum absolute atomic E-state index is 10.9. The van der Waals surface area contributed by atoms with Gasteiger partial charge in [0, 0.05) is 5.56 Å². The number of rotatable bonds is 2. The minimum Gasteiger partial charge on any atom is -0.493 e. The molecule has 0 aliphatic carbocycles. The quantitative estimate of drug-likeness (QED) is 0.752. The van der Waals surface area contributed by atoms with Crippen molar-refractivity contribution in [2.24, 2.45) is 0 Å². The van der Waals surface area contributed by atoms with E-state index in [1.165, 1.54) is 19.3 Å². The third-order valence-electron chi connectivity index (χ3n) is 3.35. The van der Waals surface area contributed by atoms with E-state index in [1.807, 2.05) is 6.07 Å². The van der Waals surface area contributed by atoms with E-state index in [1.54, 1.807) is 13.2 Å². The lowest BCUT2D eigenvalue weighted by molar-refractivity contribution is 0.112. The zero-order valence-corrected chi connectivity index (χ0v) is 10.9. The molecule has 0 atom stereocenters. The molecule has 0 N–H and O–H groups in total. The van der Waals surface area contributed by atoms with Gasteiger partial charge >= 0.3 is 0 Å². The summed E-state index contributed by atoms with van der Waals surface area (Å²) in [5, 5.41) is 0. The third-order valence-corrected chi connectivity index (χ3v) is 3.35. The lowest BCUT2D eigenvalue weighted by Gasteiger charge is -2.17. The van der Waals surface area contributed by atoms with Crippen molar-refractivity contribution in [3.05, 3.63) is 23.3 Å². The van der Waals surface area contributed by atoms with Gasteiger partial charge in [-0.05, 0) is 37.0 Å². The zero-order valence-electron chi connectivity index (χ0n) is 10.9. The molecule has 3 nitrogen and oxygen atoms in total. The molecule has 1 aliphatic rings. The molecular formula is C15H20O3. The summed E-state index contributed by atoms with van der Waals surface area (Å²) < 4.78 is 11.2. The Morgan fingerprint density at radius 1 is 1.17 bits per heavy atom. The van der Waals surface area contributed by atoms with E-state index in [-0.39, 0.29) is 0 Å². The number of ether oxygens (including phenoxy) is 2. The van der Waals surface area contributed by atoms with E-state index in [2.05, 4.69) is 0 Å². The van der Waals surface area contributed by atoms with Gasteiger partial charge in [0.2, 0.25) is 0 Å². The second-order valence-electron chi connectivity index (χ2n) is 4.70. The minimum atomic E-state index is 0.659. The first-order valence-electron chi connectivity index (χ1n) is 6.64. The van der Waals surface area contributed by atoms with Crippen LogP contribution in [-0.4, -0.2) is 20.0 Å². The van der Waals surface area contributed by atoms with Gasteiger partial charge in [0.25, 0.3) is 0 Å². The van der Waals surface area contributed by atoms with Gasteiger partial charge in [-0.2, -0.15) is 0 Å². The van der Waals surface area contributed by atoms with Gasteiger partial charge in [-0.15, -0.1) is 0 Å². The molecule has 98 valence electrons. The highest BCUT2D eigenvalue weighted by Crippen LogP contribution is 2.34. The van der Waals surface area contributed by atoms with Gasteiger partial charge in [0.05, 0.1) is 13.7 Å². The molecule has 0 amide bonds. The van der Waals surface area contributed by atoms with Crippen molar-refractivity contribution in [1.29, 1.82) is 0 Å². The topological polar surface area (TPSA) is 35.5 Å². The van der Waals surface area contributed by atoms with Crippen LogP contribution < -0.4 is 9.47 Å². The van der Waals surface area contributed by atoms with Crippen molar-refractivity contribution < 1.29 is 14.3 Å². The van der Waals surface area contributed by atoms with E-state index < -0.39 is 0 Å². The Morgan fingerprint density at radius 3 is 2.72 bits per heavy atom. The summed E-state index contributed by atoms with van der Waals surface area (Å²) in [6, 6.07) is 3.67. The number of hydrogen-bond donors (Lipinski definition) is 0. The van der Waals surface area contributed by atoms with Gasteiger partial charge < -0.3 is 9.47 Å². The summed E-state index contributed by atoms with van der Waals surface area (Å²) in [5.74, 6) is 1.50. The van der Waals surface area contributed by atoms with Gasteiger partial charge in [0.1, 0.15) is 6.29 Å². The summed E-state index contributed by atoms with van der Waals surface area (Å²) >= 11 is 0. The number of carbonyl (C=O) groups excluding carboxylic acids is 1. The molecule has 0 radical (unpaired) electrons. The molecule has 0 spiro atoms. The Kier molecular flexibility index (Phi) is 4.62. The van der Waals surface area contributed by atoms with Crippen molar-refractivity contribution in [3.63, 3.8) is 0 Å². The van der Waals surface area contributed by atoms with Crippen LogP contribution in [0.2, 0.25) is 0 Å². The van der Waals surface area contributed by atoms with E-state index in [0.29, 0.717) is 11.3 Å². The van der Waals surface area contributed by atoms with Crippen LogP contribution >= 0.6 is 0 Å². The van der Waals surface area contributed by atoms with Crippen molar-refractivity contribution in [2.75, 3.05) is 13.7 Å². The monoisotopic (exact) mass is 248 g/mol. The van der Waals surface area contributed by atoms with E-state index in [4.69, 9.17) is 9.47 Å². The molecule has 1 aliphatic heterocycles.